The number of anilines is 4. The first-order valence-corrected chi connectivity index (χ1v) is 12.6. The summed E-state index contributed by atoms with van der Waals surface area (Å²) in [6, 6.07) is 7.76. The van der Waals surface area contributed by atoms with E-state index in [0.717, 1.165) is 54.3 Å². The van der Waals surface area contributed by atoms with Gasteiger partial charge in [0.1, 0.15) is 16.7 Å². The number of pyridine rings is 1. The van der Waals surface area contributed by atoms with E-state index >= 15 is 0 Å². The normalized spacial score (nSPS) is 18.5. The van der Waals surface area contributed by atoms with E-state index in [-0.39, 0.29) is 23.2 Å². The van der Waals surface area contributed by atoms with E-state index in [1.54, 1.807) is 18.5 Å². The van der Waals surface area contributed by atoms with Gasteiger partial charge in [0.05, 0.1) is 11.2 Å². The zero-order valence-electron chi connectivity index (χ0n) is 19.3. The number of nitrogens with two attached hydrogens (primary N) is 3. The van der Waals surface area contributed by atoms with Gasteiger partial charge in [0, 0.05) is 42.8 Å². The molecule has 1 aliphatic heterocycles. The number of hydrogen-bond acceptors (Lipinski definition) is 9. The molecule has 1 fully saturated rings. The number of hydrogen-bond donors (Lipinski definition) is 4. The van der Waals surface area contributed by atoms with Crippen molar-refractivity contribution in [3.8, 4) is 0 Å². The molecule has 7 N–H and O–H groups in total. The van der Waals surface area contributed by atoms with Gasteiger partial charge in [-0.2, -0.15) is 0 Å². The van der Waals surface area contributed by atoms with Crippen LogP contribution in [-0.2, 0) is 11.2 Å². The minimum absolute atomic E-state index is 0.000467. The molecule has 1 aliphatic carbocycles. The van der Waals surface area contributed by atoms with Crippen molar-refractivity contribution in [2.75, 3.05) is 34.8 Å². The number of fused-ring (bicyclic) bond motifs is 1. The maximum atomic E-state index is 11.4. The molecule has 1 saturated heterocycles. The van der Waals surface area contributed by atoms with Crippen molar-refractivity contribution in [2.45, 2.75) is 42.1 Å². The third kappa shape index (κ3) is 4.49. The first kappa shape index (κ1) is 23.7. The van der Waals surface area contributed by atoms with Crippen LogP contribution < -0.4 is 27.4 Å². The molecule has 1 aromatic carbocycles. The Kier molecular flexibility index (Phi) is 6.20. The summed E-state index contributed by atoms with van der Waals surface area (Å²) in [5.41, 5.74) is 22.0. The van der Waals surface area contributed by atoms with Gasteiger partial charge >= 0.3 is 0 Å². The largest absolute Gasteiger partial charge is 0.382 e. The Balaban J connectivity index is 1.27. The average molecular weight is 511 g/mol. The molecule has 3 heterocycles. The van der Waals surface area contributed by atoms with Crippen LogP contribution in [0.4, 0.5) is 23.1 Å². The van der Waals surface area contributed by atoms with Gasteiger partial charge in [-0.15, -0.1) is 0 Å². The van der Waals surface area contributed by atoms with Gasteiger partial charge in [0.2, 0.25) is 5.91 Å². The van der Waals surface area contributed by atoms with Gasteiger partial charge < -0.3 is 27.4 Å². The highest BCUT2D eigenvalue weighted by Gasteiger charge is 2.46. The van der Waals surface area contributed by atoms with E-state index < -0.39 is 0 Å². The van der Waals surface area contributed by atoms with Crippen molar-refractivity contribution in [1.82, 2.24) is 15.0 Å². The lowest BCUT2D eigenvalue weighted by Gasteiger charge is -2.42. The molecule has 35 heavy (non-hydrogen) atoms. The number of halogens is 1. The number of aromatic nitrogens is 3. The second kappa shape index (κ2) is 9.18. The van der Waals surface area contributed by atoms with Crippen LogP contribution in [0.3, 0.4) is 0 Å². The first-order chi connectivity index (χ1) is 16.8. The fourth-order valence-corrected chi connectivity index (χ4v) is 6.07. The van der Waals surface area contributed by atoms with Crippen molar-refractivity contribution >= 4 is 52.4 Å². The molecule has 1 atom stereocenters. The molecule has 1 amide bonds. The SMILES string of the molecule is CC(=O)Nc1ccc2c(c1)C(N)C1(CCN(c3cnc(Sc4ccnc(N)c4Cl)c(N)n3)CC1)C2. The molecule has 3 aromatic rings. The molecule has 11 heteroatoms. The van der Waals surface area contributed by atoms with Crippen LogP contribution in [0, 0.1) is 5.41 Å². The number of rotatable bonds is 4. The minimum atomic E-state index is -0.0858. The van der Waals surface area contributed by atoms with Crippen LogP contribution in [0.5, 0.6) is 0 Å². The summed E-state index contributed by atoms with van der Waals surface area (Å²) in [4.78, 5) is 27.5. The van der Waals surface area contributed by atoms with Crippen molar-refractivity contribution in [1.29, 1.82) is 0 Å². The average Bonchev–Trinajstić information content (AvgIpc) is 3.09. The Morgan fingerprint density at radius 1 is 1.20 bits per heavy atom. The molecule has 5 rings (SSSR count). The number of nitrogens with zero attached hydrogens (tertiary/aromatic N) is 4. The summed E-state index contributed by atoms with van der Waals surface area (Å²) in [5, 5.41) is 3.80. The third-order valence-corrected chi connectivity index (χ3v) is 8.50. The highest BCUT2D eigenvalue weighted by molar-refractivity contribution is 7.99. The molecule has 182 valence electrons. The minimum Gasteiger partial charge on any atom is -0.382 e. The number of carbonyl (C=O) groups is 1. The third-order valence-electron chi connectivity index (χ3n) is 6.93. The summed E-state index contributed by atoms with van der Waals surface area (Å²) >= 11 is 7.56. The summed E-state index contributed by atoms with van der Waals surface area (Å²) < 4.78 is 0. The number of piperidine rings is 1. The van der Waals surface area contributed by atoms with E-state index in [1.807, 2.05) is 12.1 Å². The van der Waals surface area contributed by atoms with E-state index in [1.165, 1.54) is 24.2 Å². The molecule has 0 saturated carbocycles. The second-order valence-electron chi connectivity index (χ2n) is 9.13. The van der Waals surface area contributed by atoms with Crippen molar-refractivity contribution in [3.05, 3.63) is 52.8 Å². The molecule has 1 unspecified atom stereocenters. The van der Waals surface area contributed by atoms with Crippen LogP contribution in [0.2, 0.25) is 5.02 Å². The molecule has 1 spiro atoms. The van der Waals surface area contributed by atoms with Crippen molar-refractivity contribution in [2.24, 2.45) is 11.1 Å². The lowest BCUT2D eigenvalue weighted by molar-refractivity contribution is -0.114. The standard InChI is InChI=1S/C24H27ClN8OS/c1-13(34)31-15-3-2-14-11-24(20(26)16(14)10-15)5-8-33(9-6-24)18-12-30-23(22(28)32-18)35-17-4-7-29-21(27)19(17)25/h2-4,7,10,12,20H,5-6,8-9,11,26H2,1H3,(H2,27,29)(H2,28,32)(H,31,34). The monoisotopic (exact) mass is 510 g/mol. The molecule has 0 radical (unpaired) electrons. The van der Waals surface area contributed by atoms with Crippen LogP contribution in [-0.4, -0.2) is 33.9 Å². The summed E-state index contributed by atoms with van der Waals surface area (Å²) in [6.07, 6.45) is 6.15. The molecule has 9 nitrogen and oxygen atoms in total. The van der Waals surface area contributed by atoms with Crippen molar-refractivity contribution < 1.29 is 4.79 Å². The number of nitrogen functional groups attached to an aromatic ring is 2. The lowest BCUT2D eigenvalue weighted by Crippen LogP contribution is -2.44. The van der Waals surface area contributed by atoms with Crippen LogP contribution in [0.25, 0.3) is 0 Å². The van der Waals surface area contributed by atoms with Gasteiger partial charge in [0.25, 0.3) is 0 Å². The fourth-order valence-electron chi connectivity index (χ4n) is 5.05. The number of carbonyl (C=O) groups excluding carboxylic acids is 1. The first-order valence-electron chi connectivity index (χ1n) is 11.4. The van der Waals surface area contributed by atoms with Crippen LogP contribution >= 0.6 is 23.4 Å². The van der Waals surface area contributed by atoms with E-state index in [9.17, 15) is 4.79 Å². The zero-order valence-corrected chi connectivity index (χ0v) is 20.9. The summed E-state index contributed by atoms with van der Waals surface area (Å²) in [6.45, 7) is 3.14. The lowest BCUT2D eigenvalue weighted by atomic mass is 9.73. The van der Waals surface area contributed by atoms with Gasteiger partial charge in [-0.25, -0.2) is 15.0 Å². The zero-order chi connectivity index (χ0) is 24.7. The number of benzene rings is 1. The molecule has 2 aromatic heterocycles. The Morgan fingerprint density at radius 2 is 1.97 bits per heavy atom. The molecule has 2 aliphatic rings. The maximum Gasteiger partial charge on any atom is 0.221 e. The highest BCUT2D eigenvalue weighted by atomic mass is 35.5. The van der Waals surface area contributed by atoms with E-state index in [2.05, 4.69) is 31.2 Å². The highest BCUT2D eigenvalue weighted by Crippen LogP contribution is 2.51. The Hall–Kier alpha value is -3.08. The van der Waals surface area contributed by atoms with E-state index in [4.69, 9.17) is 28.8 Å². The van der Waals surface area contributed by atoms with Gasteiger partial charge in [0.15, 0.2) is 5.82 Å². The number of amides is 1. The predicted octanol–water partition coefficient (Wildman–Crippen LogP) is 3.64. The summed E-state index contributed by atoms with van der Waals surface area (Å²) in [7, 11) is 0. The smallest absolute Gasteiger partial charge is 0.221 e. The van der Waals surface area contributed by atoms with Gasteiger partial charge in [-0.1, -0.05) is 29.4 Å². The molecular weight excluding hydrogens is 484 g/mol. The molecule has 0 bridgehead atoms. The van der Waals surface area contributed by atoms with Gasteiger partial charge in [-0.05, 0) is 54.0 Å². The number of nitrogens with one attached hydrogen (secondary N) is 1. The fraction of sp³-hybridized carbons (Fsp3) is 0.333. The maximum absolute atomic E-state index is 11.4. The van der Waals surface area contributed by atoms with Gasteiger partial charge in [-0.3, -0.25) is 4.79 Å². The van der Waals surface area contributed by atoms with Crippen LogP contribution in [0.15, 0.2) is 46.6 Å². The van der Waals surface area contributed by atoms with Crippen LogP contribution in [0.1, 0.15) is 36.9 Å². The quantitative estimate of drug-likeness (QED) is 0.412. The predicted molar refractivity (Wildman–Crippen MR) is 139 cm³/mol. The Morgan fingerprint density at radius 3 is 2.69 bits per heavy atom. The summed E-state index contributed by atoms with van der Waals surface area (Å²) in [5.74, 6) is 1.27. The van der Waals surface area contributed by atoms with Crippen molar-refractivity contribution in [3.63, 3.8) is 0 Å². The second-order valence-corrected chi connectivity index (χ2v) is 10.5. The van der Waals surface area contributed by atoms with E-state index in [0.29, 0.717) is 15.9 Å². The Bertz CT molecular complexity index is 1290. The molecular formula is C24H27ClN8OS. The Labute approximate surface area is 212 Å². The topological polar surface area (TPSA) is 149 Å².